The summed E-state index contributed by atoms with van der Waals surface area (Å²) in [6, 6.07) is 0.727. The molecule has 2 rings (SSSR count). The topological polar surface area (TPSA) is 52.5 Å². The Kier molecular flexibility index (Phi) is 3.42. The Bertz CT molecular complexity index is 186. The van der Waals surface area contributed by atoms with Gasteiger partial charge in [0.15, 0.2) is 0 Å². The molecular weight excluding hydrogens is 178 g/mol. The molecule has 2 saturated carbocycles. The fourth-order valence-corrected chi connectivity index (χ4v) is 2.88. The number of rotatable bonds is 3. The Morgan fingerprint density at radius 3 is 2.36 bits per heavy atom. The highest BCUT2D eigenvalue weighted by Crippen LogP contribution is 2.28. The van der Waals surface area contributed by atoms with E-state index in [9.17, 15) is 10.2 Å². The first kappa shape index (κ1) is 10.4. The van der Waals surface area contributed by atoms with Crippen LogP contribution in [0.1, 0.15) is 38.5 Å². The molecule has 0 aromatic heterocycles. The maximum absolute atomic E-state index is 9.68. The van der Waals surface area contributed by atoms with E-state index >= 15 is 0 Å². The number of nitrogens with one attached hydrogen (secondary N) is 1. The van der Waals surface area contributed by atoms with Crippen molar-refractivity contribution < 1.29 is 10.2 Å². The van der Waals surface area contributed by atoms with Crippen LogP contribution in [0.15, 0.2) is 0 Å². The van der Waals surface area contributed by atoms with Gasteiger partial charge in [0, 0.05) is 18.7 Å². The van der Waals surface area contributed by atoms with Crippen molar-refractivity contribution in [3.8, 4) is 0 Å². The van der Waals surface area contributed by atoms with Gasteiger partial charge < -0.3 is 15.5 Å². The zero-order valence-corrected chi connectivity index (χ0v) is 8.65. The summed E-state index contributed by atoms with van der Waals surface area (Å²) in [4.78, 5) is 0. The molecule has 3 N–H and O–H groups in total. The van der Waals surface area contributed by atoms with Gasteiger partial charge in [0.2, 0.25) is 0 Å². The average Bonchev–Trinajstić information content (AvgIpc) is 2.77. The third-order valence-electron chi connectivity index (χ3n) is 3.80. The molecule has 0 bridgehead atoms. The number of aliphatic hydroxyl groups is 2. The van der Waals surface area contributed by atoms with Crippen molar-refractivity contribution in [3.63, 3.8) is 0 Å². The SMILES string of the molecule is OCC1CCCC1N[C@H]1CCC[C@@H]1O. The van der Waals surface area contributed by atoms with Gasteiger partial charge in [0.25, 0.3) is 0 Å². The Morgan fingerprint density at radius 1 is 1.00 bits per heavy atom. The molecule has 0 amide bonds. The second-order valence-corrected chi connectivity index (χ2v) is 4.75. The van der Waals surface area contributed by atoms with E-state index in [0.29, 0.717) is 18.6 Å². The second kappa shape index (κ2) is 4.60. The summed E-state index contributed by atoms with van der Waals surface area (Å²) in [5.74, 6) is 0.419. The Morgan fingerprint density at radius 2 is 1.71 bits per heavy atom. The number of hydrogen-bond acceptors (Lipinski definition) is 3. The van der Waals surface area contributed by atoms with Crippen molar-refractivity contribution in [1.29, 1.82) is 0 Å². The van der Waals surface area contributed by atoms with Crippen LogP contribution in [0.4, 0.5) is 0 Å². The van der Waals surface area contributed by atoms with Gasteiger partial charge in [-0.3, -0.25) is 0 Å². The molecule has 2 aliphatic carbocycles. The minimum Gasteiger partial charge on any atom is -0.396 e. The lowest BCUT2D eigenvalue weighted by Gasteiger charge is -2.25. The molecule has 3 nitrogen and oxygen atoms in total. The molecule has 0 radical (unpaired) electrons. The highest BCUT2D eigenvalue weighted by Gasteiger charge is 2.32. The molecule has 82 valence electrons. The zero-order chi connectivity index (χ0) is 9.97. The Balaban J connectivity index is 1.83. The third-order valence-corrected chi connectivity index (χ3v) is 3.80. The smallest absolute Gasteiger partial charge is 0.0693 e. The monoisotopic (exact) mass is 199 g/mol. The van der Waals surface area contributed by atoms with Crippen molar-refractivity contribution >= 4 is 0 Å². The molecule has 2 aliphatic rings. The summed E-state index contributed by atoms with van der Waals surface area (Å²) in [5, 5.41) is 22.4. The highest BCUT2D eigenvalue weighted by atomic mass is 16.3. The lowest BCUT2D eigenvalue weighted by atomic mass is 10.0. The molecule has 0 aliphatic heterocycles. The summed E-state index contributed by atoms with van der Waals surface area (Å²) in [6.45, 7) is 0.292. The standard InChI is InChI=1S/C11H21NO2/c13-7-8-3-1-4-9(8)12-10-5-2-6-11(10)14/h8-14H,1-7H2/t8?,9?,10-,11-/m0/s1. The fourth-order valence-electron chi connectivity index (χ4n) is 2.88. The maximum Gasteiger partial charge on any atom is 0.0693 e. The molecule has 0 aromatic rings. The Labute approximate surface area is 85.5 Å². The normalized spacial score (nSPS) is 43.3. The van der Waals surface area contributed by atoms with Crippen molar-refractivity contribution in [2.45, 2.75) is 56.7 Å². The summed E-state index contributed by atoms with van der Waals surface area (Å²) in [6.07, 6.45) is 6.52. The molecule has 3 heteroatoms. The van der Waals surface area contributed by atoms with Crippen LogP contribution >= 0.6 is 0 Å². The van der Waals surface area contributed by atoms with Gasteiger partial charge in [-0.05, 0) is 38.0 Å². The highest BCUT2D eigenvalue weighted by molar-refractivity contribution is 4.90. The summed E-state index contributed by atoms with van der Waals surface area (Å²) in [7, 11) is 0. The van der Waals surface area contributed by atoms with Gasteiger partial charge in [-0.25, -0.2) is 0 Å². The van der Waals surface area contributed by atoms with Gasteiger partial charge in [-0.1, -0.05) is 6.42 Å². The van der Waals surface area contributed by atoms with Gasteiger partial charge in [-0.2, -0.15) is 0 Å². The minimum atomic E-state index is -0.157. The second-order valence-electron chi connectivity index (χ2n) is 4.75. The van der Waals surface area contributed by atoms with E-state index in [1.165, 1.54) is 6.42 Å². The zero-order valence-electron chi connectivity index (χ0n) is 8.65. The van der Waals surface area contributed by atoms with Crippen molar-refractivity contribution in [1.82, 2.24) is 5.32 Å². The fraction of sp³-hybridized carbons (Fsp3) is 1.00. The maximum atomic E-state index is 9.68. The van der Waals surface area contributed by atoms with Crippen LogP contribution < -0.4 is 5.32 Å². The first-order chi connectivity index (χ1) is 6.81. The summed E-state index contributed by atoms with van der Waals surface area (Å²) in [5.41, 5.74) is 0. The van der Waals surface area contributed by atoms with Crippen molar-refractivity contribution in [3.05, 3.63) is 0 Å². The van der Waals surface area contributed by atoms with Gasteiger partial charge in [-0.15, -0.1) is 0 Å². The number of hydrogen-bond donors (Lipinski definition) is 3. The quantitative estimate of drug-likeness (QED) is 0.625. The van der Waals surface area contributed by atoms with Crippen LogP contribution in [0.3, 0.4) is 0 Å². The molecule has 0 heterocycles. The first-order valence-corrected chi connectivity index (χ1v) is 5.86. The largest absolute Gasteiger partial charge is 0.396 e. The predicted molar refractivity (Wildman–Crippen MR) is 55.0 cm³/mol. The van der Waals surface area contributed by atoms with E-state index in [4.69, 9.17) is 0 Å². The lowest BCUT2D eigenvalue weighted by Crippen LogP contribution is -2.44. The van der Waals surface area contributed by atoms with Crippen molar-refractivity contribution in [2.75, 3.05) is 6.61 Å². The van der Waals surface area contributed by atoms with Crippen LogP contribution in [0, 0.1) is 5.92 Å². The van der Waals surface area contributed by atoms with E-state index in [-0.39, 0.29) is 12.1 Å². The van der Waals surface area contributed by atoms with Crippen LogP contribution in [0.5, 0.6) is 0 Å². The molecular formula is C11H21NO2. The van der Waals surface area contributed by atoms with Crippen LogP contribution in [0.2, 0.25) is 0 Å². The number of aliphatic hydroxyl groups excluding tert-OH is 2. The van der Waals surface area contributed by atoms with Gasteiger partial charge in [0.1, 0.15) is 0 Å². The van der Waals surface area contributed by atoms with E-state index in [0.717, 1.165) is 32.1 Å². The third kappa shape index (κ3) is 2.10. The van der Waals surface area contributed by atoms with Crippen LogP contribution in [-0.4, -0.2) is 35.0 Å². The first-order valence-electron chi connectivity index (χ1n) is 5.86. The molecule has 14 heavy (non-hydrogen) atoms. The lowest BCUT2D eigenvalue weighted by molar-refractivity contribution is 0.129. The van der Waals surface area contributed by atoms with Gasteiger partial charge >= 0.3 is 0 Å². The predicted octanol–water partition coefficient (Wildman–Crippen LogP) is 0.650. The van der Waals surface area contributed by atoms with Crippen LogP contribution in [0.25, 0.3) is 0 Å². The molecule has 0 spiro atoms. The summed E-state index contributed by atoms with van der Waals surface area (Å²) >= 11 is 0. The van der Waals surface area contributed by atoms with E-state index in [1.807, 2.05) is 0 Å². The molecule has 0 saturated heterocycles. The van der Waals surface area contributed by atoms with E-state index in [2.05, 4.69) is 5.32 Å². The van der Waals surface area contributed by atoms with Crippen molar-refractivity contribution in [2.24, 2.45) is 5.92 Å². The molecule has 2 fully saturated rings. The molecule has 4 atom stereocenters. The minimum absolute atomic E-state index is 0.157. The average molecular weight is 199 g/mol. The summed E-state index contributed by atoms with van der Waals surface area (Å²) < 4.78 is 0. The van der Waals surface area contributed by atoms with Gasteiger partial charge in [0.05, 0.1) is 6.10 Å². The van der Waals surface area contributed by atoms with E-state index in [1.54, 1.807) is 0 Å². The molecule has 2 unspecified atom stereocenters. The van der Waals surface area contributed by atoms with Crippen LogP contribution in [-0.2, 0) is 0 Å². The van der Waals surface area contributed by atoms with E-state index < -0.39 is 0 Å². The molecule has 0 aromatic carbocycles. The Hall–Kier alpha value is -0.120.